The van der Waals surface area contributed by atoms with Crippen molar-refractivity contribution in [3.8, 4) is 0 Å². The molecule has 0 aliphatic heterocycles. The molecule has 0 N–H and O–H groups in total. The van der Waals surface area contributed by atoms with Crippen LogP contribution in [0.5, 0.6) is 0 Å². The van der Waals surface area contributed by atoms with Gasteiger partial charge in [0.1, 0.15) is 0 Å². The summed E-state index contributed by atoms with van der Waals surface area (Å²) < 4.78 is 24.1. The van der Waals surface area contributed by atoms with E-state index in [1.54, 1.807) is 0 Å². The van der Waals surface area contributed by atoms with Crippen molar-refractivity contribution < 1.29 is 23.4 Å². The predicted molar refractivity (Wildman–Crippen MR) is 45.8 cm³/mol. The second-order valence-electron chi connectivity index (χ2n) is 1.85. The minimum Gasteiger partial charge on any atom is -0.358 e. The Kier molecular flexibility index (Phi) is 6.52. The Balaban J connectivity index is 0. The van der Waals surface area contributed by atoms with Crippen LogP contribution in [0, 0.1) is 14.0 Å². The van der Waals surface area contributed by atoms with E-state index in [2.05, 4.69) is 15.0 Å². The first-order valence-electron chi connectivity index (χ1n) is 2.63. The molecule has 0 radical (unpaired) electrons. The Hall–Kier alpha value is -0.186. The van der Waals surface area contributed by atoms with Crippen LogP contribution in [-0.2, 0) is 25.2 Å². The van der Waals surface area contributed by atoms with Crippen molar-refractivity contribution in [3.63, 3.8) is 0 Å². The minimum absolute atomic E-state index is 0. The van der Waals surface area contributed by atoms with Crippen LogP contribution in [0.3, 0.4) is 0 Å². The van der Waals surface area contributed by atoms with Crippen molar-refractivity contribution in [1.82, 2.24) is 8.61 Å². The normalized spacial score (nSPS) is 10.4. The molecule has 0 aliphatic rings. The van der Waals surface area contributed by atoms with Gasteiger partial charge in [-0.3, -0.25) is 0 Å². The Bertz CT molecular complexity index is 240. The van der Waals surface area contributed by atoms with Gasteiger partial charge in [0.25, 0.3) is 0 Å². The molecule has 0 saturated heterocycles. The molecule has 0 aliphatic carbocycles. The molecule has 0 atom stereocenters. The average Bonchev–Trinajstić information content (AvgIpc) is 1.89. The maximum absolute atomic E-state index is 11.1. The zero-order chi connectivity index (χ0) is 9.07. The Labute approximate surface area is 82.0 Å². The van der Waals surface area contributed by atoms with Crippen LogP contribution in [0.4, 0.5) is 0 Å². The molecule has 0 heterocycles. The quantitative estimate of drug-likeness (QED) is 0.500. The largest absolute Gasteiger partial charge is 0.358 e. The molecule has 0 saturated carbocycles. The second kappa shape index (κ2) is 5.46. The summed E-state index contributed by atoms with van der Waals surface area (Å²) in [6.07, 6.45) is 0.902. The predicted octanol–water partition coefficient (Wildman–Crippen LogP) is -0.202. The van der Waals surface area contributed by atoms with Gasteiger partial charge in [0.15, 0.2) is 0 Å². The van der Waals surface area contributed by atoms with Crippen molar-refractivity contribution in [2.75, 3.05) is 14.1 Å². The zero-order valence-corrected chi connectivity index (χ0v) is 8.97. The van der Waals surface area contributed by atoms with Gasteiger partial charge in [0, 0.05) is 0 Å². The standard InChI is InChI=1S/C5H9N2O2S.CH3.Ni/c1-5-7(4)10(8,9)6(2)3;;/h1,4-5H,2-3H3;1H3;/q2*-1;. The molecule has 0 unspecified atom stereocenters. The van der Waals surface area contributed by atoms with Crippen molar-refractivity contribution in [2.45, 2.75) is 0 Å². The molecule has 0 amide bonds. The summed E-state index contributed by atoms with van der Waals surface area (Å²) in [5.74, 6) is 0. The van der Waals surface area contributed by atoms with Crippen LogP contribution < -0.4 is 0 Å². The maximum Gasteiger partial charge on any atom is -0.358 e. The van der Waals surface area contributed by atoms with Crippen LogP contribution in [0.2, 0.25) is 0 Å². The van der Waals surface area contributed by atoms with Crippen molar-refractivity contribution >= 4 is 15.3 Å². The van der Waals surface area contributed by atoms with Gasteiger partial charge in [-0.25, -0.2) is 0 Å². The molecule has 0 spiro atoms. The number of nitrogens with zero attached hydrogens (tertiary/aromatic N) is 2. The molecule has 0 aromatic rings. The number of hydrogen-bond donors (Lipinski definition) is 0. The summed E-state index contributed by atoms with van der Waals surface area (Å²) in [7, 11) is -0.706. The smallest absolute Gasteiger partial charge is 0.358 e. The van der Waals surface area contributed by atoms with Gasteiger partial charge in [-0.05, 0) is 0 Å². The van der Waals surface area contributed by atoms with Crippen LogP contribution in [0.1, 0.15) is 0 Å². The summed E-state index contributed by atoms with van der Waals surface area (Å²) in [6, 6.07) is 0. The van der Waals surface area contributed by atoms with E-state index in [1.165, 1.54) is 14.1 Å². The molecule has 0 aromatic heterocycles. The van der Waals surface area contributed by atoms with Gasteiger partial charge in [0.2, 0.25) is 0 Å². The van der Waals surface area contributed by atoms with E-state index in [9.17, 15) is 8.42 Å². The molecule has 0 aromatic carbocycles. The van der Waals surface area contributed by atoms with Crippen molar-refractivity contribution in [2.24, 2.45) is 0 Å². The van der Waals surface area contributed by atoms with Crippen molar-refractivity contribution in [3.05, 3.63) is 20.2 Å². The van der Waals surface area contributed by atoms with Gasteiger partial charge in [-0.1, -0.05) is 0 Å². The maximum atomic E-state index is 11.1. The zero-order valence-electron chi connectivity index (χ0n) is 7.17. The Morgan fingerprint density at radius 1 is 1.42 bits per heavy atom. The second-order valence-corrected chi connectivity index (χ2v) is 4.15. The Morgan fingerprint density at radius 3 is 1.92 bits per heavy atom. The molecular formula is C6H12N2NiO2S-2. The molecule has 0 rings (SSSR count). The van der Waals surface area contributed by atoms with E-state index in [0.29, 0.717) is 0 Å². The molecule has 6 heteroatoms. The van der Waals surface area contributed by atoms with E-state index in [-0.39, 0.29) is 7.43 Å². The summed E-state index contributed by atoms with van der Waals surface area (Å²) >= 11 is 4.14. The summed E-state index contributed by atoms with van der Waals surface area (Å²) in [4.78, 5) is 0. The number of hydrogen-bond acceptors (Lipinski definition) is 2. The molecule has 4 nitrogen and oxygen atoms in total. The monoisotopic (exact) mass is 234 g/mol. The summed E-state index contributed by atoms with van der Waals surface area (Å²) in [5, 5.41) is 0.995. The SMILES string of the molecule is [CH-]=CN([CH]=[Ni])S(=O)(=O)N(C)C.[CH3-]. The topological polar surface area (TPSA) is 40.6 Å². The van der Waals surface area contributed by atoms with Gasteiger partial charge >= 0.3 is 74.3 Å². The van der Waals surface area contributed by atoms with E-state index in [4.69, 9.17) is 6.58 Å². The summed E-state index contributed by atoms with van der Waals surface area (Å²) in [5.41, 5.74) is 0. The molecule has 0 fully saturated rings. The van der Waals surface area contributed by atoms with E-state index in [0.717, 1.165) is 19.9 Å². The fraction of sp³-hybridized carbons (Fsp3) is 0.333. The van der Waals surface area contributed by atoms with Gasteiger partial charge in [-0.15, -0.1) is 0 Å². The summed E-state index contributed by atoms with van der Waals surface area (Å²) in [6.45, 7) is 5.01. The van der Waals surface area contributed by atoms with Crippen molar-refractivity contribution in [1.29, 1.82) is 0 Å². The fourth-order valence-corrected chi connectivity index (χ4v) is 1.43. The van der Waals surface area contributed by atoms with Crippen LogP contribution in [0.25, 0.3) is 0 Å². The van der Waals surface area contributed by atoms with Gasteiger partial charge < -0.3 is 7.43 Å². The third-order valence-corrected chi connectivity index (χ3v) is 3.06. The molecule has 76 valence electrons. The number of rotatable bonds is 4. The third kappa shape index (κ3) is 3.05. The first-order valence-corrected chi connectivity index (χ1v) is 4.59. The van der Waals surface area contributed by atoms with Gasteiger partial charge in [-0.2, -0.15) is 0 Å². The third-order valence-electron chi connectivity index (χ3n) is 0.955. The molecular weight excluding hydrogens is 223 g/mol. The van der Waals surface area contributed by atoms with E-state index >= 15 is 0 Å². The molecule has 12 heavy (non-hydrogen) atoms. The Morgan fingerprint density at radius 2 is 1.83 bits per heavy atom. The van der Waals surface area contributed by atoms with Crippen LogP contribution >= 0.6 is 0 Å². The fourth-order valence-electron chi connectivity index (χ4n) is 0.335. The van der Waals surface area contributed by atoms with Crippen LogP contribution in [-0.4, -0.2) is 36.2 Å². The average molecular weight is 235 g/mol. The molecule has 0 bridgehead atoms. The first kappa shape index (κ1) is 14.3. The van der Waals surface area contributed by atoms with E-state index in [1.807, 2.05) is 0 Å². The van der Waals surface area contributed by atoms with Gasteiger partial charge in [0.05, 0.1) is 0 Å². The first-order chi connectivity index (χ1) is 4.96. The van der Waals surface area contributed by atoms with Crippen LogP contribution in [0.15, 0.2) is 6.20 Å². The minimum atomic E-state index is -3.50. The van der Waals surface area contributed by atoms with E-state index < -0.39 is 10.2 Å².